The van der Waals surface area contributed by atoms with Crippen LogP contribution in [0.4, 0.5) is 0 Å². The van der Waals surface area contributed by atoms with Crippen LogP contribution in [0.15, 0.2) is 96.9 Å². The summed E-state index contributed by atoms with van der Waals surface area (Å²) in [6.45, 7) is 8.06. The van der Waals surface area contributed by atoms with Crippen molar-refractivity contribution in [1.82, 2.24) is 10.2 Å². The number of rotatable bonds is 7. The lowest BCUT2D eigenvalue weighted by Gasteiger charge is -2.36. The van der Waals surface area contributed by atoms with Crippen molar-refractivity contribution in [2.45, 2.75) is 26.4 Å². The van der Waals surface area contributed by atoms with Gasteiger partial charge in [-0.05, 0) is 44.7 Å². The summed E-state index contributed by atoms with van der Waals surface area (Å²) < 4.78 is 0. The summed E-state index contributed by atoms with van der Waals surface area (Å²) in [6.07, 6.45) is 19.6. The van der Waals surface area contributed by atoms with Crippen LogP contribution in [0.3, 0.4) is 0 Å². The van der Waals surface area contributed by atoms with E-state index in [1.54, 1.807) is 0 Å². The Morgan fingerprint density at radius 1 is 1.28 bits per heavy atom. The molecule has 0 bridgehead atoms. The van der Waals surface area contributed by atoms with Gasteiger partial charge in [-0.2, -0.15) is 0 Å². The van der Waals surface area contributed by atoms with E-state index in [-0.39, 0.29) is 6.17 Å². The summed E-state index contributed by atoms with van der Waals surface area (Å²) in [5.41, 5.74) is 4.83. The van der Waals surface area contributed by atoms with E-state index in [0.717, 1.165) is 12.1 Å². The van der Waals surface area contributed by atoms with Gasteiger partial charge in [-0.25, -0.2) is 0 Å². The smallest absolute Gasteiger partial charge is 0.110 e. The maximum Gasteiger partial charge on any atom is 0.110 e. The minimum absolute atomic E-state index is 0.0356. The highest BCUT2D eigenvalue weighted by Gasteiger charge is 2.23. The van der Waals surface area contributed by atoms with Crippen molar-refractivity contribution in [3.8, 4) is 0 Å². The third-order valence-corrected chi connectivity index (χ3v) is 4.08. The Bertz CT molecular complexity index is 732. The molecule has 0 saturated carbocycles. The quantitative estimate of drug-likeness (QED) is 0.519. The monoisotopic (exact) mass is 332 g/mol. The Balaban J connectivity index is 2.57. The average molecular weight is 332 g/mol. The Morgan fingerprint density at radius 2 is 2.12 bits per heavy atom. The molecule has 2 heteroatoms. The Labute approximate surface area is 152 Å². The maximum absolute atomic E-state index is 3.90. The van der Waals surface area contributed by atoms with Crippen LogP contribution in [0, 0.1) is 6.92 Å². The van der Waals surface area contributed by atoms with Crippen LogP contribution in [0.25, 0.3) is 0 Å². The van der Waals surface area contributed by atoms with E-state index in [9.17, 15) is 0 Å². The summed E-state index contributed by atoms with van der Waals surface area (Å²) in [4.78, 5) is 2.34. The molecule has 0 aromatic heterocycles. The van der Waals surface area contributed by atoms with Gasteiger partial charge in [0.25, 0.3) is 0 Å². The molecular weight excluding hydrogens is 304 g/mol. The third kappa shape index (κ3) is 4.94. The fourth-order valence-corrected chi connectivity index (χ4v) is 3.02. The van der Waals surface area contributed by atoms with E-state index in [1.165, 1.54) is 16.8 Å². The standard InChI is InChI=1S/C23H28N2/c1-5-12-21(13-6-2)25(22-16-9-7-8-10-17-22)23(24-4)20-15-11-14-19(3)18-20/h5-16,18,23-24H,1,17H2,2-4H3/b13-6-,21-12+. The summed E-state index contributed by atoms with van der Waals surface area (Å²) in [5, 5.41) is 3.49. The van der Waals surface area contributed by atoms with Crippen molar-refractivity contribution in [1.29, 1.82) is 0 Å². The zero-order valence-corrected chi connectivity index (χ0v) is 15.4. The number of benzene rings is 1. The predicted octanol–water partition coefficient (Wildman–Crippen LogP) is 5.56. The SMILES string of the molecule is C=C/C=C(\C=C/C)N(C1=CC=CC=CC1)C(NC)c1cccc(C)c1. The number of aryl methyl sites for hydroxylation is 1. The lowest BCUT2D eigenvalue weighted by Crippen LogP contribution is -2.35. The highest BCUT2D eigenvalue weighted by molar-refractivity contribution is 5.35. The summed E-state index contributed by atoms with van der Waals surface area (Å²) in [5.74, 6) is 0. The molecule has 0 heterocycles. The van der Waals surface area contributed by atoms with E-state index >= 15 is 0 Å². The van der Waals surface area contributed by atoms with E-state index < -0.39 is 0 Å². The van der Waals surface area contributed by atoms with Gasteiger partial charge in [0.15, 0.2) is 0 Å². The molecule has 1 N–H and O–H groups in total. The van der Waals surface area contributed by atoms with Crippen molar-refractivity contribution in [2.24, 2.45) is 0 Å². The number of hydrogen-bond donors (Lipinski definition) is 1. The number of hydrogen-bond acceptors (Lipinski definition) is 2. The zero-order valence-electron chi connectivity index (χ0n) is 15.4. The first-order valence-corrected chi connectivity index (χ1v) is 8.72. The minimum Gasteiger partial charge on any atom is -0.325 e. The molecule has 0 spiro atoms. The minimum atomic E-state index is 0.0356. The van der Waals surface area contributed by atoms with Gasteiger partial charge in [-0.3, -0.25) is 5.32 Å². The van der Waals surface area contributed by atoms with E-state index in [2.05, 4.69) is 96.6 Å². The van der Waals surface area contributed by atoms with Gasteiger partial charge in [0, 0.05) is 17.8 Å². The second kappa shape index (κ2) is 9.65. The van der Waals surface area contributed by atoms with Gasteiger partial charge in [-0.1, -0.05) is 72.9 Å². The molecule has 0 saturated heterocycles. The second-order valence-corrected chi connectivity index (χ2v) is 5.98. The van der Waals surface area contributed by atoms with Crippen molar-refractivity contribution in [3.63, 3.8) is 0 Å². The molecule has 2 nitrogen and oxygen atoms in total. The van der Waals surface area contributed by atoms with E-state index in [1.807, 2.05) is 20.0 Å². The molecule has 1 aromatic carbocycles. The molecule has 2 rings (SSSR count). The van der Waals surface area contributed by atoms with Crippen LogP contribution in [-0.2, 0) is 0 Å². The van der Waals surface area contributed by atoms with E-state index in [0.29, 0.717) is 0 Å². The number of nitrogens with one attached hydrogen (secondary N) is 1. The zero-order chi connectivity index (χ0) is 18.1. The molecule has 0 fully saturated rings. The van der Waals surface area contributed by atoms with Gasteiger partial charge in [-0.15, -0.1) is 0 Å². The fourth-order valence-electron chi connectivity index (χ4n) is 3.02. The number of nitrogens with zero attached hydrogens (tertiary/aromatic N) is 1. The molecule has 1 unspecified atom stereocenters. The summed E-state index contributed by atoms with van der Waals surface area (Å²) >= 11 is 0. The van der Waals surface area contributed by atoms with Crippen LogP contribution >= 0.6 is 0 Å². The summed E-state index contributed by atoms with van der Waals surface area (Å²) in [7, 11) is 2.00. The van der Waals surface area contributed by atoms with Gasteiger partial charge < -0.3 is 4.90 Å². The van der Waals surface area contributed by atoms with Crippen molar-refractivity contribution >= 4 is 0 Å². The third-order valence-electron chi connectivity index (χ3n) is 4.08. The van der Waals surface area contributed by atoms with Crippen LogP contribution in [-0.4, -0.2) is 11.9 Å². The molecule has 130 valence electrons. The second-order valence-electron chi connectivity index (χ2n) is 5.98. The molecular formula is C23H28N2. The van der Waals surface area contributed by atoms with Crippen LogP contribution < -0.4 is 5.32 Å². The molecule has 0 radical (unpaired) electrons. The first-order valence-electron chi connectivity index (χ1n) is 8.72. The number of allylic oxidation sites excluding steroid dienone is 9. The largest absolute Gasteiger partial charge is 0.325 e. The lowest BCUT2D eigenvalue weighted by molar-refractivity contribution is 0.285. The fraction of sp³-hybridized carbons (Fsp3) is 0.217. The molecule has 0 aliphatic heterocycles. The maximum atomic E-state index is 3.90. The Morgan fingerprint density at radius 3 is 2.80 bits per heavy atom. The summed E-state index contributed by atoms with van der Waals surface area (Å²) in [6, 6.07) is 8.65. The highest BCUT2D eigenvalue weighted by atomic mass is 15.3. The first-order chi connectivity index (χ1) is 12.2. The van der Waals surface area contributed by atoms with Gasteiger partial charge in [0.2, 0.25) is 0 Å². The Kier molecular flexibility index (Phi) is 7.24. The molecule has 1 aromatic rings. The van der Waals surface area contributed by atoms with Crippen LogP contribution in [0.1, 0.15) is 30.6 Å². The van der Waals surface area contributed by atoms with Gasteiger partial charge in [0.1, 0.15) is 6.17 Å². The van der Waals surface area contributed by atoms with Gasteiger partial charge in [0.05, 0.1) is 0 Å². The highest BCUT2D eigenvalue weighted by Crippen LogP contribution is 2.30. The molecule has 1 aliphatic rings. The molecule has 0 amide bonds. The normalized spacial score (nSPS) is 15.8. The lowest BCUT2D eigenvalue weighted by atomic mass is 10.1. The first kappa shape index (κ1) is 18.8. The van der Waals surface area contributed by atoms with Crippen molar-refractivity contribution in [3.05, 3.63) is 108 Å². The van der Waals surface area contributed by atoms with Gasteiger partial charge >= 0.3 is 0 Å². The Hall–Kier alpha value is -2.58. The molecule has 1 aliphatic carbocycles. The average Bonchev–Trinajstić information content (AvgIpc) is 2.88. The molecule has 25 heavy (non-hydrogen) atoms. The van der Waals surface area contributed by atoms with Crippen molar-refractivity contribution < 1.29 is 0 Å². The van der Waals surface area contributed by atoms with Crippen molar-refractivity contribution in [2.75, 3.05) is 7.05 Å². The predicted molar refractivity (Wildman–Crippen MR) is 109 cm³/mol. The topological polar surface area (TPSA) is 15.3 Å². The molecule has 1 atom stereocenters. The van der Waals surface area contributed by atoms with Crippen LogP contribution in [0.2, 0.25) is 0 Å². The van der Waals surface area contributed by atoms with E-state index in [4.69, 9.17) is 0 Å². The van der Waals surface area contributed by atoms with Crippen LogP contribution in [0.5, 0.6) is 0 Å².